The zero-order chi connectivity index (χ0) is 16.8. The van der Waals surface area contributed by atoms with Crippen LogP contribution in [0.15, 0.2) is 22.4 Å². The van der Waals surface area contributed by atoms with Crippen molar-refractivity contribution in [3.8, 4) is 0 Å². The molecule has 0 aromatic carbocycles. The summed E-state index contributed by atoms with van der Waals surface area (Å²) in [7, 11) is 1.85. The van der Waals surface area contributed by atoms with Crippen molar-refractivity contribution >= 4 is 29.0 Å². The predicted molar refractivity (Wildman–Crippen MR) is 89.8 cm³/mol. The molecule has 10 heteroatoms. The van der Waals surface area contributed by atoms with Gasteiger partial charge in [0.1, 0.15) is 12.4 Å². The van der Waals surface area contributed by atoms with Crippen molar-refractivity contribution < 1.29 is 14.3 Å². The van der Waals surface area contributed by atoms with Crippen LogP contribution in [-0.4, -0.2) is 56.8 Å². The third-order valence-electron chi connectivity index (χ3n) is 3.58. The maximum atomic E-state index is 12.2. The highest BCUT2D eigenvalue weighted by Gasteiger charge is 2.28. The summed E-state index contributed by atoms with van der Waals surface area (Å²) in [6.45, 7) is 1.53. The van der Waals surface area contributed by atoms with E-state index in [1.807, 2.05) is 12.4 Å². The molecule has 3 heterocycles. The maximum Gasteiger partial charge on any atom is 0.230 e. The van der Waals surface area contributed by atoms with Crippen molar-refractivity contribution in [2.24, 2.45) is 7.05 Å². The second-order valence-electron chi connectivity index (χ2n) is 5.38. The molecule has 2 atom stereocenters. The van der Waals surface area contributed by atoms with Gasteiger partial charge < -0.3 is 19.4 Å². The molecule has 0 unspecified atom stereocenters. The molecule has 0 spiro atoms. The Labute approximate surface area is 148 Å². The van der Waals surface area contributed by atoms with Crippen LogP contribution in [0.3, 0.4) is 0 Å². The SMILES string of the molecule is Cn1cnnc1SCC(=O)N[C@@H]1CCOC[C@H]1OCc1cscn1. The van der Waals surface area contributed by atoms with Gasteiger partial charge in [-0.25, -0.2) is 4.98 Å². The van der Waals surface area contributed by atoms with Crippen LogP contribution in [0.25, 0.3) is 0 Å². The molecule has 8 nitrogen and oxygen atoms in total. The molecule has 24 heavy (non-hydrogen) atoms. The van der Waals surface area contributed by atoms with E-state index in [0.717, 1.165) is 12.1 Å². The van der Waals surface area contributed by atoms with Crippen LogP contribution in [0.5, 0.6) is 0 Å². The normalized spacial score (nSPS) is 20.9. The van der Waals surface area contributed by atoms with Gasteiger partial charge in [0.25, 0.3) is 0 Å². The Morgan fingerprint density at radius 1 is 1.62 bits per heavy atom. The largest absolute Gasteiger partial charge is 0.379 e. The summed E-state index contributed by atoms with van der Waals surface area (Å²) in [5.41, 5.74) is 2.67. The fourth-order valence-electron chi connectivity index (χ4n) is 2.32. The Kier molecular flexibility index (Phi) is 6.18. The van der Waals surface area contributed by atoms with Crippen molar-refractivity contribution in [1.29, 1.82) is 0 Å². The molecular weight excluding hydrogens is 350 g/mol. The van der Waals surface area contributed by atoms with Crippen LogP contribution in [0.4, 0.5) is 0 Å². The molecule has 2 aromatic rings. The van der Waals surface area contributed by atoms with E-state index in [1.54, 1.807) is 16.4 Å². The Hall–Kier alpha value is -1.49. The Morgan fingerprint density at radius 2 is 2.54 bits per heavy atom. The standard InChI is InChI=1S/C14H19N5O3S2/c1-19-8-16-18-14(19)24-7-13(20)17-11-2-3-21-5-12(11)22-4-10-6-23-9-15-10/h6,8-9,11-12H,2-5,7H2,1H3,(H,17,20)/t11-,12-/m1/s1. The molecule has 1 aliphatic rings. The number of hydrogen-bond donors (Lipinski definition) is 1. The van der Waals surface area contributed by atoms with E-state index in [4.69, 9.17) is 9.47 Å². The number of carbonyl (C=O) groups excluding carboxylic acids is 1. The van der Waals surface area contributed by atoms with E-state index in [0.29, 0.717) is 30.7 Å². The topological polar surface area (TPSA) is 91.2 Å². The number of aromatic nitrogens is 4. The minimum absolute atomic E-state index is 0.0443. The second-order valence-corrected chi connectivity index (χ2v) is 7.04. The van der Waals surface area contributed by atoms with Crippen molar-refractivity contribution in [3.05, 3.63) is 22.9 Å². The number of amides is 1. The fourth-order valence-corrected chi connectivity index (χ4v) is 3.57. The Bertz CT molecular complexity index is 649. The van der Waals surface area contributed by atoms with Gasteiger partial charge in [-0.2, -0.15) is 0 Å². The van der Waals surface area contributed by atoms with Crippen LogP contribution in [0.1, 0.15) is 12.1 Å². The number of nitrogens with zero attached hydrogens (tertiary/aromatic N) is 4. The minimum Gasteiger partial charge on any atom is -0.379 e. The lowest BCUT2D eigenvalue weighted by Gasteiger charge is -2.31. The van der Waals surface area contributed by atoms with Crippen LogP contribution in [0, 0.1) is 0 Å². The van der Waals surface area contributed by atoms with Gasteiger partial charge in [0.05, 0.1) is 36.2 Å². The zero-order valence-corrected chi connectivity index (χ0v) is 14.9. The average molecular weight is 369 g/mol. The Morgan fingerprint density at radius 3 is 3.29 bits per heavy atom. The lowest BCUT2D eigenvalue weighted by Crippen LogP contribution is -2.50. The number of rotatable bonds is 7. The monoisotopic (exact) mass is 369 g/mol. The van der Waals surface area contributed by atoms with Gasteiger partial charge in [0.2, 0.25) is 5.91 Å². The third kappa shape index (κ3) is 4.76. The molecule has 0 aliphatic carbocycles. The molecule has 1 saturated heterocycles. The van der Waals surface area contributed by atoms with Crippen LogP contribution >= 0.6 is 23.1 Å². The summed E-state index contributed by atoms with van der Waals surface area (Å²) in [5.74, 6) is 0.250. The quantitative estimate of drug-likeness (QED) is 0.724. The number of thiazole rings is 1. The predicted octanol–water partition coefficient (Wildman–Crippen LogP) is 0.854. The van der Waals surface area contributed by atoms with E-state index in [2.05, 4.69) is 20.5 Å². The van der Waals surface area contributed by atoms with Gasteiger partial charge in [-0.3, -0.25) is 4.79 Å². The van der Waals surface area contributed by atoms with E-state index in [1.165, 1.54) is 23.1 Å². The highest BCUT2D eigenvalue weighted by Crippen LogP contribution is 2.16. The molecule has 130 valence electrons. The molecule has 1 fully saturated rings. The van der Waals surface area contributed by atoms with Crippen LogP contribution in [0.2, 0.25) is 0 Å². The average Bonchev–Trinajstić information content (AvgIpc) is 3.24. The molecule has 0 radical (unpaired) electrons. The van der Waals surface area contributed by atoms with E-state index in [9.17, 15) is 4.79 Å². The van der Waals surface area contributed by atoms with E-state index >= 15 is 0 Å². The number of aryl methyl sites for hydroxylation is 1. The molecular formula is C14H19N5O3S2. The lowest BCUT2D eigenvalue weighted by atomic mass is 10.1. The second kappa shape index (κ2) is 8.56. The maximum absolute atomic E-state index is 12.2. The molecule has 1 aliphatic heterocycles. The molecule has 1 amide bonds. The van der Waals surface area contributed by atoms with Gasteiger partial charge >= 0.3 is 0 Å². The fraction of sp³-hybridized carbons (Fsp3) is 0.571. The lowest BCUT2D eigenvalue weighted by molar-refractivity contribution is -0.124. The molecule has 0 bridgehead atoms. The van der Waals surface area contributed by atoms with Crippen LogP contribution in [-0.2, 0) is 27.9 Å². The van der Waals surface area contributed by atoms with Gasteiger partial charge in [0, 0.05) is 19.0 Å². The first-order chi connectivity index (χ1) is 11.7. The summed E-state index contributed by atoms with van der Waals surface area (Å²) < 4.78 is 13.1. The molecule has 3 rings (SSSR count). The number of hydrogen-bond acceptors (Lipinski definition) is 8. The van der Waals surface area contributed by atoms with Crippen molar-refractivity contribution in [1.82, 2.24) is 25.1 Å². The van der Waals surface area contributed by atoms with Crippen molar-refractivity contribution in [2.75, 3.05) is 19.0 Å². The number of ether oxygens (including phenoxy) is 2. The van der Waals surface area contributed by atoms with Gasteiger partial charge in [0.15, 0.2) is 5.16 Å². The van der Waals surface area contributed by atoms with Gasteiger partial charge in [-0.05, 0) is 6.42 Å². The zero-order valence-electron chi connectivity index (χ0n) is 13.3. The van der Waals surface area contributed by atoms with Crippen LogP contribution < -0.4 is 5.32 Å². The third-order valence-corrected chi connectivity index (χ3v) is 5.25. The summed E-state index contributed by atoms with van der Waals surface area (Å²) in [5, 5.41) is 13.5. The first kappa shape index (κ1) is 17.3. The molecule has 1 N–H and O–H groups in total. The first-order valence-corrected chi connectivity index (χ1v) is 9.48. The van der Waals surface area contributed by atoms with Gasteiger partial charge in [-0.1, -0.05) is 11.8 Å². The highest BCUT2D eigenvalue weighted by molar-refractivity contribution is 7.99. The number of thioether (sulfide) groups is 1. The summed E-state index contributed by atoms with van der Waals surface area (Å²) in [6, 6.07) is -0.0509. The molecule has 0 saturated carbocycles. The highest BCUT2D eigenvalue weighted by atomic mass is 32.2. The summed E-state index contributed by atoms with van der Waals surface area (Å²) >= 11 is 2.90. The summed E-state index contributed by atoms with van der Waals surface area (Å²) in [4.78, 5) is 16.4. The Balaban J connectivity index is 1.47. The summed E-state index contributed by atoms with van der Waals surface area (Å²) in [6.07, 6.45) is 2.19. The van der Waals surface area contributed by atoms with E-state index < -0.39 is 0 Å². The first-order valence-electron chi connectivity index (χ1n) is 7.55. The minimum atomic E-state index is -0.163. The van der Waals surface area contributed by atoms with E-state index in [-0.39, 0.29) is 18.1 Å². The number of nitrogens with one attached hydrogen (secondary N) is 1. The molecule has 2 aromatic heterocycles. The van der Waals surface area contributed by atoms with Crippen molar-refractivity contribution in [2.45, 2.75) is 30.3 Å². The smallest absolute Gasteiger partial charge is 0.230 e. The van der Waals surface area contributed by atoms with Crippen molar-refractivity contribution in [3.63, 3.8) is 0 Å². The van der Waals surface area contributed by atoms with Gasteiger partial charge in [-0.15, -0.1) is 21.5 Å². The number of carbonyl (C=O) groups is 1.